The van der Waals surface area contributed by atoms with Crippen LogP contribution in [0.2, 0.25) is 0 Å². The third-order valence-electron chi connectivity index (χ3n) is 5.13. The summed E-state index contributed by atoms with van der Waals surface area (Å²) in [5.41, 5.74) is 3.72. The molecule has 4 rings (SSSR count). The Labute approximate surface area is 191 Å². The number of ether oxygens (including phenoxy) is 1. The van der Waals surface area contributed by atoms with Crippen molar-refractivity contribution in [2.75, 3.05) is 0 Å². The van der Waals surface area contributed by atoms with Gasteiger partial charge in [-0.1, -0.05) is 36.4 Å². The molecule has 1 N–H and O–H groups in total. The van der Waals surface area contributed by atoms with Gasteiger partial charge in [0.25, 0.3) is 5.91 Å². The van der Waals surface area contributed by atoms with Crippen LogP contribution in [-0.4, -0.2) is 20.7 Å². The van der Waals surface area contributed by atoms with Crippen LogP contribution in [0.4, 0.5) is 0 Å². The number of benzene rings is 2. The second-order valence-corrected chi connectivity index (χ2v) is 7.80. The van der Waals surface area contributed by atoms with Gasteiger partial charge in [0.15, 0.2) is 5.69 Å². The van der Waals surface area contributed by atoms with Crippen molar-refractivity contribution >= 4 is 5.91 Å². The average molecular weight is 441 g/mol. The number of amides is 1. The predicted molar refractivity (Wildman–Crippen MR) is 126 cm³/mol. The molecule has 0 bridgehead atoms. The van der Waals surface area contributed by atoms with Gasteiger partial charge in [0.1, 0.15) is 5.75 Å². The monoisotopic (exact) mass is 440 g/mol. The number of aromatic nitrogens is 3. The summed E-state index contributed by atoms with van der Waals surface area (Å²) in [6.07, 6.45) is 1.63. The van der Waals surface area contributed by atoms with E-state index in [2.05, 4.69) is 15.4 Å². The van der Waals surface area contributed by atoms with E-state index in [0.717, 1.165) is 28.1 Å². The first-order valence-electron chi connectivity index (χ1n) is 10.6. The van der Waals surface area contributed by atoms with E-state index in [-0.39, 0.29) is 12.2 Å². The van der Waals surface area contributed by atoms with Gasteiger partial charge >= 0.3 is 0 Å². The van der Waals surface area contributed by atoms with E-state index in [1.54, 1.807) is 23.9 Å². The molecule has 2 aromatic heterocycles. The van der Waals surface area contributed by atoms with E-state index in [9.17, 15) is 9.59 Å². The summed E-state index contributed by atoms with van der Waals surface area (Å²) in [6.45, 7) is 5.96. The van der Waals surface area contributed by atoms with Gasteiger partial charge < -0.3 is 10.1 Å². The van der Waals surface area contributed by atoms with Crippen molar-refractivity contribution in [1.29, 1.82) is 0 Å². The van der Waals surface area contributed by atoms with Gasteiger partial charge in [-0.15, -0.1) is 0 Å². The number of hydrogen-bond acceptors (Lipinski definition) is 5. The molecular formula is C26H24N4O3. The zero-order valence-corrected chi connectivity index (χ0v) is 18.7. The van der Waals surface area contributed by atoms with E-state index >= 15 is 0 Å². The molecule has 7 nitrogen and oxygen atoms in total. The molecule has 4 aromatic rings. The fraction of sp³-hybridized carbons (Fsp3) is 0.154. The van der Waals surface area contributed by atoms with E-state index < -0.39 is 11.3 Å². The normalized spacial score (nSPS) is 10.6. The molecule has 0 unspecified atom stereocenters. The van der Waals surface area contributed by atoms with Crippen LogP contribution in [0.25, 0.3) is 5.69 Å². The fourth-order valence-electron chi connectivity index (χ4n) is 3.31. The Kier molecular flexibility index (Phi) is 6.31. The largest absolute Gasteiger partial charge is 0.439 e. The van der Waals surface area contributed by atoms with Crippen molar-refractivity contribution in [3.63, 3.8) is 0 Å². The lowest BCUT2D eigenvalue weighted by atomic mass is 10.1. The van der Waals surface area contributed by atoms with Crippen LogP contribution in [-0.2, 0) is 6.54 Å². The number of hydrogen-bond donors (Lipinski definition) is 1. The Morgan fingerprint density at radius 1 is 1.00 bits per heavy atom. The van der Waals surface area contributed by atoms with Crippen LogP contribution in [0, 0.1) is 20.8 Å². The molecule has 0 aliphatic heterocycles. The van der Waals surface area contributed by atoms with Crippen molar-refractivity contribution in [2.45, 2.75) is 27.3 Å². The van der Waals surface area contributed by atoms with Crippen LogP contribution in [0.1, 0.15) is 32.9 Å². The minimum atomic E-state index is -0.541. The quantitative estimate of drug-likeness (QED) is 0.484. The summed E-state index contributed by atoms with van der Waals surface area (Å²) in [5.74, 6) is 0.675. The second-order valence-electron chi connectivity index (χ2n) is 7.80. The zero-order chi connectivity index (χ0) is 23.4. The van der Waals surface area contributed by atoms with Crippen molar-refractivity contribution in [3.05, 3.63) is 111 Å². The lowest BCUT2D eigenvalue weighted by Gasteiger charge is -2.11. The number of carbonyl (C=O) groups is 1. The number of para-hydroxylation sites is 1. The van der Waals surface area contributed by atoms with Crippen LogP contribution in [0.5, 0.6) is 11.6 Å². The molecule has 0 aliphatic carbocycles. The molecule has 0 radical (unpaired) electrons. The van der Waals surface area contributed by atoms with Gasteiger partial charge in [0.05, 0.1) is 5.69 Å². The maximum Gasteiger partial charge on any atom is 0.276 e. The summed E-state index contributed by atoms with van der Waals surface area (Å²) in [4.78, 5) is 29.4. The molecule has 0 aliphatic rings. The van der Waals surface area contributed by atoms with Crippen LogP contribution in [0.3, 0.4) is 0 Å². The minimum absolute atomic E-state index is 0.160. The first kappa shape index (κ1) is 22.0. The minimum Gasteiger partial charge on any atom is -0.439 e. The molecule has 0 saturated heterocycles. The van der Waals surface area contributed by atoms with Crippen molar-refractivity contribution in [1.82, 2.24) is 20.1 Å². The fourth-order valence-corrected chi connectivity index (χ4v) is 3.31. The summed E-state index contributed by atoms with van der Waals surface area (Å²) in [5, 5.41) is 7.03. The topological polar surface area (TPSA) is 86.1 Å². The smallest absolute Gasteiger partial charge is 0.276 e. The van der Waals surface area contributed by atoms with Crippen molar-refractivity contribution in [3.8, 4) is 17.3 Å². The molecule has 2 heterocycles. The highest BCUT2D eigenvalue weighted by Gasteiger charge is 2.15. The van der Waals surface area contributed by atoms with Gasteiger partial charge in [-0.2, -0.15) is 5.10 Å². The number of carbonyl (C=O) groups excluding carboxylic acids is 1. The van der Waals surface area contributed by atoms with Gasteiger partial charge in [0, 0.05) is 30.6 Å². The second kappa shape index (κ2) is 9.48. The molecule has 33 heavy (non-hydrogen) atoms. The van der Waals surface area contributed by atoms with Crippen LogP contribution in [0.15, 0.2) is 77.7 Å². The van der Waals surface area contributed by atoms with E-state index in [1.165, 1.54) is 6.07 Å². The molecule has 2 aromatic carbocycles. The van der Waals surface area contributed by atoms with E-state index in [0.29, 0.717) is 11.6 Å². The summed E-state index contributed by atoms with van der Waals surface area (Å²) in [7, 11) is 0. The predicted octanol–water partition coefficient (Wildman–Crippen LogP) is 4.28. The van der Waals surface area contributed by atoms with Crippen LogP contribution < -0.4 is 15.5 Å². The van der Waals surface area contributed by atoms with Gasteiger partial charge in [-0.25, -0.2) is 9.67 Å². The van der Waals surface area contributed by atoms with Gasteiger partial charge in [-0.05, 0) is 55.7 Å². The molecule has 0 atom stereocenters. The Bertz CT molecular complexity index is 1350. The highest BCUT2D eigenvalue weighted by Crippen LogP contribution is 2.24. The Balaban J connectivity index is 1.45. The molecule has 7 heteroatoms. The summed E-state index contributed by atoms with van der Waals surface area (Å²) < 4.78 is 7.45. The zero-order valence-electron chi connectivity index (χ0n) is 18.7. The van der Waals surface area contributed by atoms with Gasteiger partial charge in [-0.3, -0.25) is 9.59 Å². The number of rotatable bonds is 6. The lowest BCUT2D eigenvalue weighted by Crippen LogP contribution is -2.31. The maximum absolute atomic E-state index is 12.7. The Hall–Kier alpha value is -4.26. The number of nitrogens with zero attached hydrogens (tertiary/aromatic N) is 3. The molecule has 0 spiro atoms. The molecule has 0 saturated carbocycles. The SMILES string of the molecule is Cc1ccc(C)c(Oc2ccc(CNC(=O)c3nn(-c4ccccc4)c(C)cc3=O)cn2)c1. The first-order chi connectivity index (χ1) is 15.9. The van der Waals surface area contributed by atoms with E-state index in [4.69, 9.17) is 4.74 Å². The molecule has 1 amide bonds. The molecular weight excluding hydrogens is 416 g/mol. The van der Waals surface area contributed by atoms with Crippen LogP contribution >= 0.6 is 0 Å². The highest BCUT2D eigenvalue weighted by atomic mass is 16.5. The third-order valence-corrected chi connectivity index (χ3v) is 5.13. The summed E-state index contributed by atoms with van der Waals surface area (Å²) in [6, 6.07) is 20.3. The number of aryl methyl sites for hydroxylation is 3. The van der Waals surface area contributed by atoms with Gasteiger partial charge in [0.2, 0.25) is 11.3 Å². The third kappa shape index (κ3) is 5.15. The molecule has 166 valence electrons. The Morgan fingerprint density at radius 2 is 1.79 bits per heavy atom. The van der Waals surface area contributed by atoms with E-state index in [1.807, 2.05) is 68.4 Å². The number of pyridine rings is 1. The van der Waals surface area contributed by atoms with Crippen molar-refractivity contribution < 1.29 is 9.53 Å². The van der Waals surface area contributed by atoms with Crippen molar-refractivity contribution in [2.24, 2.45) is 0 Å². The number of nitrogens with one attached hydrogen (secondary N) is 1. The molecule has 0 fully saturated rings. The highest BCUT2D eigenvalue weighted by molar-refractivity contribution is 5.92. The maximum atomic E-state index is 12.7. The Morgan fingerprint density at radius 3 is 2.52 bits per heavy atom. The standard InChI is InChI=1S/C26H24N4O3/c1-17-9-10-18(2)23(13-17)33-24-12-11-20(15-27-24)16-28-26(32)25-22(31)14-19(3)30(29-25)21-7-5-4-6-8-21/h4-15H,16H2,1-3H3,(H,28,32). The summed E-state index contributed by atoms with van der Waals surface area (Å²) >= 11 is 0. The first-order valence-corrected chi connectivity index (χ1v) is 10.6. The average Bonchev–Trinajstić information content (AvgIpc) is 2.81. The lowest BCUT2D eigenvalue weighted by molar-refractivity contribution is 0.0943.